The number of nitrogens with one attached hydrogen (secondary N) is 1. The predicted octanol–water partition coefficient (Wildman–Crippen LogP) is 3.58. The fourth-order valence-corrected chi connectivity index (χ4v) is 4.10. The van der Waals surface area contributed by atoms with Crippen LogP contribution in [0.15, 0.2) is 48.7 Å². The molecule has 0 bridgehead atoms. The normalized spacial score (nSPS) is 17.5. The molecule has 1 atom stereocenters. The van der Waals surface area contributed by atoms with E-state index >= 15 is 0 Å². The third-order valence-corrected chi connectivity index (χ3v) is 5.65. The van der Waals surface area contributed by atoms with E-state index in [4.69, 9.17) is 9.47 Å². The first kappa shape index (κ1) is 19.3. The number of hydrogen-bond acceptors (Lipinski definition) is 5. The van der Waals surface area contributed by atoms with Gasteiger partial charge in [-0.2, -0.15) is 0 Å². The number of carbonyl (C=O) groups is 1. The lowest BCUT2D eigenvalue weighted by Crippen LogP contribution is -2.53. The van der Waals surface area contributed by atoms with E-state index in [9.17, 15) is 4.79 Å². The molecule has 1 aromatic heterocycles. The Hall–Kier alpha value is -2.99. The molecular formula is C23H27N3O3. The number of ether oxygens (including phenoxy) is 2. The molecule has 2 aromatic carbocycles. The zero-order valence-electron chi connectivity index (χ0n) is 17.1. The number of fused-ring (bicyclic) bond motifs is 1. The van der Waals surface area contributed by atoms with E-state index in [2.05, 4.69) is 33.8 Å². The van der Waals surface area contributed by atoms with E-state index in [1.165, 1.54) is 0 Å². The average molecular weight is 393 g/mol. The van der Waals surface area contributed by atoms with Crippen molar-refractivity contribution < 1.29 is 14.3 Å². The minimum absolute atomic E-state index is 0.131. The standard InChI is InChI=1S/C23H27N3O3/c1-16-14-25(9-10-26(16)17-5-4-6-18(11-17)28-2)15-23(27)21-13-24-22-8-7-19(29-3)12-20(21)22/h4-8,11-13,16,24H,9-10,14-15H2,1-3H3/t16-/m1/s1. The molecule has 0 unspecified atom stereocenters. The smallest absolute Gasteiger partial charge is 0.178 e. The molecule has 152 valence electrons. The molecule has 29 heavy (non-hydrogen) atoms. The number of methoxy groups -OCH3 is 2. The first-order valence-corrected chi connectivity index (χ1v) is 9.90. The monoisotopic (exact) mass is 393 g/mol. The SMILES string of the molecule is COc1cccc(N2CCN(CC(=O)c3c[nH]c4ccc(OC)cc34)C[C@H]2C)c1. The molecule has 4 rings (SSSR count). The van der Waals surface area contributed by atoms with Crippen LogP contribution in [0.3, 0.4) is 0 Å². The Morgan fingerprint density at radius 3 is 2.66 bits per heavy atom. The molecule has 3 aromatic rings. The van der Waals surface area contributed by atoms with Gasteiger partial charge in [-0.1, -0.05) is 6.07 Å². The molecule has 0 spiro atoms. The highest BCUT2D eigenvalue weighted by Gasteiger charge is 2.26. The number of Topliss-reactive ketones (excluding diaryl/α,β-unsaturated/α-hetero) is 1. The van der Waals surface area contributed by atoms with Gasteiger partial charge in [0, 0.05) is 60.1 Å². The molecule has 0 aliphatic carbocycles. The van der Waals surface area contributed by atoms with Crippen LogP contribution in [0, 0.1) is 0 Å². The number of benzene rings is 2. The number of carbonyl (C=O) groups excluding carboxylic acids is 1. The Balaban J connectivity index is 1.44. The molecule has 0 saturated carbocycles. The summed E-state index contributed by atoms with van der Waals surface area (Å²) in [5, 5.41) is 0.914. The van der Waals surface area contributed by atoms with Gasteiger partial charge in [-0.25, -0.2) is 0 Å². The van der Waals surface area contributed by atoms with Gasteiger partial charge in [0.25, 0.3) is 0 Å². The number of aromatic amines is 1. The topological polar surface area (TPSA) is 57.8 Å². The highest BCUT2D eigenvalue weighted by Crippen LogP contribution is 2.26. The van der Waals surface area contributed by atoms with E-state index in [0.29, 0.717) is 12.6 Å². The Bertz CT molecular complexity index is 1010. The molecule has 0 radical (unpaired) electrons. The van der Waals surface area contributed by atoms with Gasteiger partial charge in [-0.15, -0.1) is 0 Å². The summed E-state index contributed by atoms with van der Waals surface area (Å²) in [5.41, 5.74) is 2.83. The van der Waals surface area contributed by atoms with Gasteiger partial charge in [0.2, 0.25) is 0 Å². The summed E-state index contributed by atoms with van der Waals surface area (Å²) >= 11 is 0. The van der Waals surface area contributed by atoms with Gasteiger partial charge in [0.05, 0.1) is 20.8 Å². The molecule has 1 N–H and O–H groups in total. The van der Waals surface area contributed by atoms with Crippen LogP contribution in [-0.4, -0.2) is 62.1 Å². The summed E-state index contributed by atoms with van der Waals surface area (Å²) in [6.45, 7) is 5.18. The van der Waals surface area contributed by atoms with Gasteiger partial charge in [0.15, 0.2) is 5.78 Å². The summed E-state index contributed by atoms with van der Waals surface area (Å²) < 4.78 is 10.7. The second-order valence-electron chi connectivity index (χ2n) is 7.52. The number of ketones is 1. The summed E-state index contributed by atoms with van der Waals surface area (Å²) in [6, 6.07) is 14.2. The number of nitrogens with zero attached hydrogens (tertiary/aromatic N) is 2. The van der Waals surface area contributed by atoms with Gasteiger partial charge in [-0.3, -0.25) is 9.69 Å². The number of anilines is 1. The minimum atomic E-state index is 0.131. The van der Waals surface area contributed by atoms with Crippen LogP contribution in [0.5, 0.6) is 11.5 Å². The van der Waals surface area contributed by atoms with Crippen molar-refractivity contribution in [2.24, 2.45) is 0 Å². The second kappa shape index (κ2) is 8.17. The Labute approximate surface area is 171 Å². The maximum absolute atomic E-state index is 13.0. The molecule has 1 aliphatic rings. The molecule has 1 aliphatic heterocycles. The molecular weight excluding hydrogens is 366 g/mol. The Kier molecular flexibility index (Phi) is 5.45. The fraction of sp³-hybridized carbons (Fsp3) is 0.348. The zero-order valence-corrected chi connectivity index (χ0v) is 17.1. The maximum Gasteiger partial charge on any atom is 0.178 e. The maximum atomic E-state index is 13.0. The number of aromatic nitrogens is 1. The molecule has 6 nitrogen and oxygen atoms in total. The number of H-pyrrole nitrogens is 1. The first-order chi connectivity index (χ1) is 14.1. The first-order valence-electron chi connectivity index (χ1n) is 9.90. The molecule has 6 heteroatoms. The predicted molar refractivity (Wildman–Crippen MR) is 115 cm³/mol. The summed E-state index contributed by atoms with van der Waals surface area (Å²) in [7, 11) is 3.32. The molecule has 1 saturated heterocycles. The van der Waals surface area contributed by atoms with Crippen LogP contribution in [0.2, 0.25) is 0 Å². The van der Waals surface area contributed by atoms with Crippen LogP contribution in [0.25, 0.3) is 10.9 Å². The van der Waals surface area contributed by atoms with Crippen LogP contribution in [0.4, 0.5) is 5.69 Å². The van der Waals surface area contributed by atoms with Crippen molar-refractivity contribution in [3.63, 3.8) is 0 Å². The van der Waals surface area contributed by atoms with Crippen LogP contribution in [0.1, 0.15) is 17.3 Å². The summed E-state index contributed by atoms with van der Waals surface area (Å²) in [5.74, 6) is 1.75. The van der Waals surface area contributed by atoms with Gasteiger partial charge >= 0.3 is 0 Å². The lowest BCUT2D eigenvalue weighted by atomic mass is 10.1. The quantitative estimate of drug-likeness (QED) is 0.649. The van der Waals surface area contributed by atoms with E-state index < -0.39 is 0 Å². The van der Waals surface area contributed by atoms with E-state index in [-0.39, 0.29) is 5.78 Å². The Morgan fingerprint density at radius 2 is 1.90 bits per heavy atom. The fourth-order valence-electron chi connectivity index (χ4n) is 4.10. The highest BCUT2D eigenvalue weighted by atomic mass is 16.5. The molecule has 1 fully saturated rings. The van der Waals surface area contributed by atoms with E-state index in [1.54, 1.807) is 14.2 Å². The van der Waals surface area contributed by atoms with Crippen LogP contribution < -0.4 is 14.4 Å². The lowest BCUT2D eigenvalue weighted by molar-refractivity contribution is 0.0919. The van der Waals surface area contributed by atoms with Crippen molar-refractivity contribution >= 4 is 22.4 Å². The summed E-state index contributed by atoms with van der Waals surface area (Å²) in [6.07, 6.45) is 1.81. The van der Waals surface area contributed by atoms with Crippen molar-refractivity contribution in [2.75, 3.05) is 45.3 Å². The lowest BCUT2D eigenvalue weighted by Gasteiger charge is -2.41. The Morgan fingerprint density at radius 1 is 1.10 bits per heavy atom. The second-order valence-corrected chi connectivity index (χ2v) is 7.52. The number of hydrogen-bond donors (Lipinski definition) is 1. The molecule has 0 amide bonds. The third-order valence-electron chi connectivity index (χ3n) is 5.65. The van der Waals surface area contributed by atoms with Crippen LogP contribution >= 0.6 is 0 Å². The average Bonchev–Trinajstić information content (AvgIpc) is 3.17. The van der Waals surface area contributed by atoms with Gasteiger partial charge in [0.1, 0.15) is 11.5 Å². The van der Waals surface area contributed by atoms with Crippen molar-refractivity contribution in [1.29, 1.82) is 0 Å². The van der Waals surface area contributed by atoms with E-state index in [1.807, 2.05) is 36.5 Å². The largest absolute Gasteiger partial charge is 0.497 e. The van der Waals surface area contributed by atoms with Gasteiger partial charge in [-0.05, 0) is 37.3 Å². The van der Waals surface area contributed by atoms with E-state index in [0.717, 1.165) is 53.3 Å². The molecule has 2 heterocycles. The third kappa shape index (κ3) is 3.93. The van der Waals surface area contributed by atoms with Crippen molar-refractivity contribution in [3.05, 3.63) is 54.2 Å². The van der Waals surface area contributed by atoms with Crippen LogP contribution in [-0.2, 0) is 0 Å². The minimum Gasteiger partial charge on any atom is -0.497 e. The number of piperazine rings is 1. The van der Waals surface area contributed by atoms with Crippen molar-refractivity contribution in [2.45, 2.75) is 13.0 Å². The summed E-state index contributed by atoms with van der Waals surface area (Å²) in [4.78, 5) is 20.8. The highest BCUT2D eigenvalue weighted by molar-refractivity contribution is 6.09. The van der Waals surface area contributed by atoms with Crippen molar-refractivity contribution in [1.82, 2.24) is 9.88 Å². The van der Waals surface area contributed by atoms with Gasteiger partial charge < -0.3 is 19.4 Å². The zero-order chi connectivity index (χ0) is 20.4. The number of rotatable bonds is 6. The van der Waals surface area contributed by atoms with Crippen molar-refractivity contribution in [3.8, 4) is 11.5 Å².